The Bertz CT molecular complexity index is 1440. The van der Waals surface area contributed by atoms with E-state index in [4.69, 9.17) is 16.3 Å². The average Bonchev–Trinajstić information content (AvgIpc) is 3.12. The molecule has 31 heavy (non-hydrogen) atoms. The van der Waals surface area contributed by atoms with Crippen molar-refractivity contribution in [3.05, 3.63) is 85.1 Å². The summed E-state index contributed by atoms with van der Waals surface area (Å²) in [5.74, 6) is 0.303. The minimum Gasteiger partial charge on any atom is -0.497 e. The highest BCUT2D eigenvalue weighted by atomic mass is 35.5. The highest BCUT2D eigenvalue weighted by molar-refractivity contribution is 6.30. The number of hydrogen-bond acceptors (Lipinski definition) is 5. The second-order valence-corrected chi connectivity index (χ2v) is 7.81. The van der Waals surface area contributed by atoms with Crippen LogP contribution in [0.5, 0.6) is 11.6 Å². The molecule has 4 N–H and O–H groups in total. The summed E-state index contributed by atoms with van der Waals surface area (Å²) < 4.78 is 6.39. The van der Waals surface area contributed by atoms with Gasteiger partial charge >= 0.3 is 5.69 Å². The molecule has 1 unspecified atom stereocenters. The predicted octanol–water partition coefficient (Wildman–Crippen LogP) is 2.61. The number of nitrogens with zero attached hydrogens (tertiary/aromatic N) is 1. The fourth-order valence-corrected chi connectivity index (χ4v) is 4.42. The Morgan fingerprint density at radius 2 is 2.00 bits per heavy atom. The van der Waals surface area contributed by atoms with Gasteiger partial charge in [-0.15, -0.1) is 0 Å². The Morgan fingerprint density at radius 3 is 2.77 bits per heavy atom. The molecule has 0 radical (unpaired) electrons. The maximum absolute atomic E-state index is 12.8. The lowest BCUT2D eigenvalue weighted by atomic mass is 9.95. The summed E-state index contributed by atoms with van der Waals surface area (Å²) in [4.78, 5) is 31.0. The Balaban J connectivity index is 1.73. The minimum atomic E-state index is -0.745. The van der Waals surface area contributed by atoms with Crippen LogP contribution in [0.25, 0.3) is 16.6 Å². The number of hydrogen-bond donors (Lipinski definition) is 4. The second-order valence-electron chi connectivity index (χ2n) is 7.38. The number of nitrogens with one attached hydrogen (secondary N) is 3. The fourth-order valence-electron chi connectivity index (χ4n) is 4.23. The SMILES string of the molecule is COc1ccc2[nH]c3c(c2c1)CCNC3c1c(O)n(-c2cccc(Cl)c2)c(=O)[nH]c1=O. The number of aromatic nitrogens is 3. The molecule has 2 aromatic heterocycles. The lowest BCUT2D eigenvalue weighted by Crippen LogP contribution is -2.38. The molecule has 0 saturated carbocycles. The van der Waals surface area contributed by atoms with E-state index in [-0.39, 0.29) is 5.56 Å². The van der Waals surface area contributed by atoms with Gasteiger partial charge in [-0.25, -0.2) is 9.36 Å². The van der Waals surface area contributed by atoms with E-state index in [2.05, 4.69) is 15.3 Å². The lowest BCUT2D eigenvalue weighted by Gasteiger charge is -2.25. The van der Waals surface area contributed by atoms with Crippen LogP contribution >= 0.6 is 11.6 Å². The summed E-state index contributed by atoms with van der Waals surface area (Å²) >= 11 is 6.06. The van der Waals surface area contributed by atoms with Gasteiger partial charge in [-0.3, -0.25) is 9.78 Å². The van der Waals surface area contributed by atoms with Gasteiger partial charge in [-0.2, -0.15) is 0 Å². The van der Waals surface area contributed by atoms with E-state index in [0.29, 0.717) is 17.3 Å². The number of H-pyrrole nitrogens is 2. The Hall–Kier alpha value is -3.49. The van der Waals surface area contributed by atoms with Crippen molar-refractivity contribution in [3.8, 4) is 17.3 Å². The van der Waals surface area contributed by atoms with E-state index in [1.807, 2.05) is 18.2 Å². The standard InChI is InChI=1S/C22H19ClN4O4/c1-31-13-5-6-16-15(10-13)14-7-8-24-19(18(14)25-16)17-20(28)26-22(30)27(21(17)29)12-4-2-3-11(23)9-12/h2-6,9-10,19,24-25,29H,7-8H2,1H3,(H,26,28,30). The molecule has 1 aliphatic heterocycles. The van der Waals surface area contributed by atoms with Crippen molar-refractivity contribution in [2.45, 2.75) is 12.5 Å². The quantitative estimate of drug-likeness (QED) is 0.393. The molecule has 0 amide bonds. The van der Waals surface area contributed by atoms with E-state index in [0.717, 1.165) is 38.9 Å². The molecule has 158 valence electrons. The highest BCUT2D eigenvalue weighted by Crippen LogP contribution is 2.36. The molecular formula is C22H19ClN4O4. The van der Waals surface area contributed by atoms with Crippen LogP contribution in [0.2, 0.25) is 5.02 Å². The number of benzene rings is 2. The Labute approximate surface area is 181 Å². The summed E-state index contributed by atoms with van der Waals surface area (Å²) in [6.45, 7) is 0.594. The van der Waals surface area contributed by atoms with Crippen molar-refractivity contribution in [1.29, 1.82) is 0 Å². The van der Waals surface area contributed by atoms with E-state index in [1.54, 1.807) is 31.4 Å². The summed E-state index contributed by atoms with van der Waals surface area (Å²) in [6, 6.07) is 11.6. The smallest absolute Gasteiger partial charge is 0.335 e. The van der Waals surface area contributed by atoms with Crippen LogP contribution in [-0.4, -0.2) is 33.3 Å². The van der Waals surface area contributed by atoms with E-state index in [9.17, 15) is 14.7 Å². The van der Waals surface area contributed by atoms with Gasteiger partial charge in [0.2, 0.25) is 5.88 Å². The third kappa shape index (κ3) is 3.11. The van der Waals surface area contributed by atoms with E-state index < -0.39 is 23.2 Å². The van der Waals surface area contributed by atoms with Crippen molar-refractivity contribution < 1.29 is 9.84 Å². The summed E-state index contributed by atoms with van der Waals surface area (Å²) in [5, 5.41) is 15.7. The first-order valence-electron chi connectivity index (χ1n) is 9.74. The number of halogens is 1. The Kier molecular flexibility index (Phi) is 4.60. The summed E-state index contributed by atoms with van der Waals surface area (Å²) in [5.41, 5.74) is 1.72. The van der Waals surface area contributed by atoms with Crippen LogP contribution in [0, 0.1) is 0 Å². The molecule has 8 nitrogen and oxygen atoms in total. The minimum absolute atomic E-state index is 0.0547. The normalized spacial score (nSPS) is 15.7. The van der Waals surface area contributed by atoms with Gasteiger partial charge in [0.05, 0.1) is 18.8 Å². The number of fused-ring (bicyclic) bond motifs is 3. The molecule has 1 atom stereocenters. The van der Waals surface area contributed by atoms with Crippen LogP contribution < -0.4 is 21.3 Å². The molecule has 0 bridgehead atoms. The number of ether oxygens (including phenoxy) is 1. The molecule has 0 aliphatic carbocycles. The maximum atomic E-state index is 12.8. The molecular weight excluding hydrogens is 420 g/mol. The largest absolute Gasteiger partial charge is 0.497 e. The molecule has 2 aromatic carbocycles. The average molecular weight is 439 g/mol. The topological polar surface area (TPSA) is 112 Å². The van der Waals surface area contributed by atoms with Gasteiger partial charge in [0.15, 0.2) is 0 Å². The molecule has 0 saturated heterocycles. The number of rotatable bonds is 3. The van der Waals surface area contributed by atoms with Gasteiger partial charge in [0.25, 0.3) is 5.56 Å². The zero-order valence-corrected chi connectivity index (χ0v) is 17.3. The van der Waals surface area contributed by atoms with Crippen LogP contribution in [0.3, 0.4) is 0 Å². The van der Waals surface area contributed by atoms with Crippen molar-refractivity contribution in [1.82, 2.24) is 19.9 Å². The van der Waals surface area contributed by atoms with Gasteiger partial charge in [0.1, 0.15) is 11.3 Å². The molecule has 4 aromatic rings. The monoisotopic (exact) mass is 438 g/mol. The molecule has 5 rings (SSSR count). The van der Waals surface area contributed by atoms with Crippen molar-refractivity contribution in [2.75, 3.05) is 13.7 Å². The van der Waals surface area contributed by atoms with Gasteiger partial charge in [-0.1, -0.05) is 17.7 Å². The second kappa shape index (κ2) is 7.33. The number of aromatic amines is 2. The first-order chi connectivity index (χ1) is 15.0. The molecule has 1 aliphatic rings. The number of aromatic hydroxyl groups is 1. The van der Waals surface area contributed by atoms with Crippen molar-refractivity contribution >= 4 is 22.5 Å². The van der Waals surface area contributed by atoms with Crippen molar-refractivity contribution in [3.63, 3.8) is 0 Å². The third-order valence-electron chi connectivity index (χ3n) is 5.63. The van der Waals surface area contributed by atoms with E-state index in [1.165, 1.54) is 0 Å². The van der Waals surface area contributed by atoms with Crippen molar-refractivity contribution in [2.24, 2.45) is 0 Å². The van der Waals surface area contributed by atoms with Crippen LogP contribution in [-0.2, 0) is 6.42 Å². The first kappa shape index (κ1) is 19.5. The first-order valence-corrected chi connectivity index (χ1v) is 10.1. The Morgan fingerprint density at radius 1 is 1.16 bits per heavy atom. The predicted molar refractivity (Wildman–Crippen MR) is 118 cm³/mol. The van der Waals surface area contributed by atoms with E-state index >= 15 is 0 Å². The summed E-state index contributed by atoms with van der Waals surface area (Å²) in [6.07, 6.45) is 0.742. The molecule has 9 heteroatoms. The van der Waals surface area contributed by atoms with Crippen LogP contribution in [0.4, 0.5) is 0 Å². The van der Waals surface area contributed by atoms with Gasteiger partial charge in [-0.05, 0) is 48.4 Å². The zero-order chi connectivity index (χ0) is 21.7. The maximum Gasteiger partial charge on any atom is 0.335 e. The highest BCUT2D eigenvalue weighted by Gasteiger charge is 2.31. The number of methoxy groups -OCH3 is 1. The van der Waals surface area contributed by atoms with Gasteiger partial charge < -0.3 is 20.1 Å². The van der Waals surface area contributed by atoms with Crippen LogP contribution in [0.1, 0.15) is 22.9 Å². The van der Waals surface area contributed by atoms with Gasteiger partial charge in [0, 0.05) is 28.2 Å². The molecule has 0 spiro atoms. The molecule has 0 fully saturated rings. The lowest BCUT2D eigenvalue weighted by molar-refractivity contribution is 0.409. The van der Waals surface area contributed by atoms with Crippen LogP contribution in [0.15, 0.2) is 52.1 Å². The zero-order valence-electron chi connectivity index (χ0n) is 16.5. The summed E-state index contributed by atoms with van der Waals surface area (Å²) in [7, 11) is 1.61. The third-order valence-corrected chi connectivity index (χ3v) is 5.87. The fraction of sp³-hybridized carbons (Fsp3) is 0.182. The molecule has 3 heterocycles.